The lowest BCUT2D eigenvalue weighted by atomic mass is 9.99. The van der Waals surface area contributed by atoms with Gasteiger partial charge in [0.05, 0.1) is 11.7 Å². The Hall–Kier alpha value is -1.18. The number of hydrogen-bond donors (Lipinski definition) is 4. The summed E-state index contributed by atoms with van der Waals surface area (Å²) >= 11 is 3.71. The summed E-state index contributed by atoms with van der Waals surface area (Å²) in [6.07, 6.45) is -3.02. The van der Waals surface area contributed by atoms with Crippen LogP contribution < -0.4 is 0 Å². The van der Waals surface area contributed by atoms with Crippen LogP contribution in [0.5, 0.6) is 0 Å². The largest absolute Gasteiger partial charge is 0.478 e. The van der Waals surface area contributed by atoms with Crippen LogP contribution in [0, 0.1) is 11.6 Å². The van der Waals surface area contributed by atoms with E-state index in [4.69, 9.17) is 5.11 Å². The lowest BCUT2D eigenvalue weighted by Crippen LogP contribution is -2.22. The number of hydrogen-bond acceptors (Lipinski definition) is 4. The highest BCUT2D eigenvalue weighted by Crippen LogP contribution is 2.24. The van der Waals surface area contributed by atoms with E-state index in [-0.39, 0.29) is 5.75 Å². The molecule has 0 aliphatic rings. The van der Waals surface area contributed by atoms with E-state index in [1.54, 1.807) is 0 Å². The molecule has 2 unspecified atom stereocenters. The Morgan fingerprint density at radius 2 is 1.82 bits per heavy atom. The van der Waals surface area contributed by atoms with Gasteiger partial charge >= 0.3 is 5.97 Å². The summed E-state index contributed by atoms with van der Waals surface area (Å²) in [6.45, 7) is 0. The van der Waals surface area contributed by atoms with E-state index in [9.17, 15) is 23.8 Å². The van der Waals surface area contributed by atoms with Gasteiger partial charge in [-0.15, -0.1) is 0 Å². The molecule has 0 heterocycles. The lowest BCUT2D eigenvalue weighted by molar-refractivity contribution is 0.0320. The third kappa shape index (κ3) is 2.93. The van der Waals surface area contributed by atoms with Crippen LogP contribution >= 0.6 is 12.6 Å². The van der Waals surface area contributed by atoms with Crippen molar-refractivity contribution in [3.63, 3.8) is 0 Å². The van der Waals surface area contributed by atoms with Crippen LogP contribution in [-0.2, 0) is 0 Å². The second-order valence-electron chi connectivity index (χ2n) is 3.35. The first-order valence-corrected chi connectivity index (χ1v) is 5.21. The fourth-order valence-corrected chi connectivity index (χ4v) is 1.50. The third-order valence-corrected chi connectivity index (χ3v) is 2.57. The number of aliphatic hydroxyl groups excluding tert-OH is 2. The molecule has 0 bridgehead atoms. The molecule has 4 nitrogen and oxygen atoms in total. The molecule has 94 valence electrons. The molecular formula is C10H10F2O4S. The minimum atomic E-state index is -1.64. The summed E-state index contributed by atoms with van der Waals surface area (Å²) in [5.41, 5.74) is -0.991. The Kier molecular flexibility index (Phi) is 4.44. The first-order valence-electron chi connectivity index (χ1n) is 4.57. The molecule has 1 aromatic rings. The van der Waals surface area contributed by atoms with Crippen LogP contribution in [0.25, 0.3) is 0 Å². The van der Waals surface area contributed by atoms with Gasteiger partial charge in [-0.25, -0.2) is 13.6 Å². The maximum atomic E-state index is 13.0. The zero-order valence-corrected chi connectivity index (χ0v) is 9.36. The molecule has 17 heavy (non-hydrogen) atoms. The van der Waals surface area contributed by atoms with E-state index < -0.39 is 40.9 Å². The SMILES string of the molecule is O=C(O)c1cc(F)c(F)cc1C(O)C(O)CS. The fraction of sp³-hybridized carbons (Fsp3) is 0.300. The van der Waals surface area contributed by atoms with Crippen molar-refractivity contribution in [3.8, 4) is 0 Å². The van der Waals surface area contributed by atoms with E-state index in [0.29, 0.717) is 12.1 Å². The monoisotopic (exact) mass is 264 g/mol. The molecule has 0 amide bonds. The predicted octanol–water partition coefficient (Wildman–Crippen LogP) is 0.987. The summed E-state index contributed by atoms with van der Waals surface area (Å²) in [5, 5.41) is 27.7. The highest BCUT2D eigenvalue weighted by molar-refractivity contribution is 7.80. The van der Waals surface area contributed by atoms with Gasteiger partial charge in [0.2, 0.25) is 0 Å². The molecule has 2 atom stereocenters. The van der Waals surface area contributed by atoms with Crippen molar-refractivity contribution in [1.82, 2.24) is 0 Å². The van der Waals surface area contributed by atoms with Crippen LogP contribution in [0.3, 0.4) is 0 Å². The number of halogens is 2. The van der Waals surface area contributed by atoms with Gasteiger partial charge in [0.15, 0.2) is 11.6 Å². The van der Waals surface area contributed by atoms with Crippen LogP contribution in [0.1, 0.15) is 22.0 Å². The lowest BCUT2D eigenvalue weighted by Gasteiger charge is -2.18. The minimum Gasteiger partial charge on any atom is -0.478 e. The maximum Gasteiger partial charge on any atom is 0.336 e. The number of benzene rings is 1. The number of thiol groups is 1. The highest BCUT2D eigenvalue weighted by atomic mass is 32.1. The van der Waals surface area contributed by atoms with Crippen molar-refractivity contribution in [2.45, 2.75) is 12.2 Å². The Bertz CT molecular complexity index is 439. The van der Waals surface area contributed by atoms with Crippen molar-refractivity contribution in [2.24, 2.45) is 0 Å². The van der Waals surface area contributed by atoms with Gasteiger partial charge in [0, 0.05) is 11.3 Å². The van der Waals surface area contributed by atoms with Gasteiger partial charge in [0.25, 0.3) is 0 Å². The maximum absolute atomic E-state index is 13.0. The van der Waals surface area contributed by atoms with Crippen LogP contribution in [-0.4, -0.2) is 33.1 Å². The quantitative estimate of drug-likeness (QED) is 0.612. The Balaban J connectivity index is 3.30. The summed E-state index contributed by atoms with van der Waals surface area (Å²) in [7, 11) is 0. The van der Waals surface area contributed by atoms with Crippen LogP contribution in [0.2, 0.25) is 0 Å². The van der Waals surface area contributed by atoms with E-state index in [2.05, 4.69) is 12.6 Å². The first-order chi connectivity index (χ1) is 7.88. The van der Waals surface area contributed by atoms with Gasteiger partial charge in [-0.1, -0.05) is 0 Å². The molecule has 1 aromatic carbocycles. The second kappa shape index (κ2) is 5.44. The van der Waals surface area contributed by atoms with Gasteiger partial charge in [-0.05, 0) is 12.1 Å². The molecule has 7 heteroatoms. The smallest absolute Gasteiger partial charge is 0.336 e. The normalized spacial score (nSPS) is 14.4. The average Bonchev–Trinajstić information content (AvgIpc) is 2.29. The summed E-state index contributed by atoms with van der Waals surface area (Å²) in [6, 6.07) is 1.01. The Morgan fingerprint density at radius 1 is 1.29 bits per heavy atom. The number of carboxylic acid groups (broad SMARTS) is 1. The second-order valence-corrected chi connectivity index (χ2v) is 3.72. The zero-order valence-electron chi connectivity index (χ0n) is 8.47. The van der Waals surface area contributed by atoms with Gasteiger partial charge in [-0.3, -0.25) is 0 Å². The number of aliphatic hydroxyl groups is 2. The molecule has 0 saturated heterocycles. The van der Waals surface area contributed by atoms with E-state index in [1.807, 2.05) is 0 Å². The van der Waals surface area contributed by atoms with E-state index in [1.165, 1.54) is 0 Å². The van der Waals surface area contributed by atoms with Crippen molar-refractivity contribution < 1.29 is 28.9 Å². The van der Waals surface area contributed by atoms with Gasteiger partial charge < -0.3 is 15.3 Å². The molecule has 0 aliphatic heterocycles. The molecule has 0 radical (unpaired) electrons. The highest BCUT2D eigenvalue weighted by Gasteiger charge is 2.25. The van der Waals surface area contributed by atoms with E-state index in [0.717, 1.165) is 0 Å². The van der Waals surface area contributed by atoms with Crippen LogP contribution in [0.4, 0.5) is 8.78 Å². The molecule has 3 N–H and O–H groups in total. The Labute approximate surface area is 101 Å². The van der Waals surface area contributed by atoms with Crippen molar-refractivity contribution in [1.29, 1.82) is 0 Å². The average molecular weight is 264 g/mol. The van der Waals surface area contributed by atoms with Crippen molar-refractivity contribution in [3.05, 3.63) is 34.9 Å². The molecule has 1 rings (SSSR count). The zero-order chi connectivity index (χ0) is 13.2. The third-order valence-electron chi connectivity index (χ3n) is 2.19. The Morgan fingerprint density at radius 3 is 2.29 bits per heavy atom. The van der Waals surface area contributed by atoms with Crippen molar-refractivity contribution in [2.75, 3.05) is 5.75 Å². The minimum absolute atomic E-state index is 0.154. The fourth-order valence-electron chi connectivity index (χ4n) is 1.30. The van der Waals surface area contributed by atoms with Crippen LogP contribution in [0.15, 0.2) is 12.1 Å². The summed E-state index contributed by atoms with van der Waals surface area (Å²) in [5.74, 6) is -4.31. The molecule has 0 fully saturated rings. The number of carboxylic acids is 1. The number of aromatic carboxylic acids is 1. The standard InChI is InChI=1S/C10H10F2O4S/c11-6-1-4(9(14)8(13)3-17)5(10(15)16)2-7(6)12/h1-2,8-9,13-14,17H,3H2,(H,15,16). The summed E-state index contributed by atoms with van der Waals surface area (Å²) in [4.78, 5) is 10.8. The van der Waals surface area contributed by atoms with Gasteiger partial charge in [0.1, 0.15) is 6.10 Å². The number of rotatable bonds is 4. The summed E-state index contributed by atoms with van der Waals surface area (Å²) < 4.78 is 25.8. The molecule has 0 saturated carbocycles. The topological polar surface area (TPSA) is 77.8 Å². The van der Waals surface area contributed by atoms with Crippen molar-refractivity contribution >= 4 is 18.6 Å². The molecular weight excluding hydrogens is 254 g/mol. The van der Waals surface area contributed by atoms with Gasteiger partial charge in [-0.2, -0.15) is 12.6 Å². The first kappa shape index (κ1) is 13.9. The molecule has 0 spiro atoms. The molecule has 0 aliphatic carbocycles. The molecule has 0 aromatic heterocycles. The van der Waals surface area contributed by atoms with E-state index >= 15 is 0 Å². The predicted molar refractivity (Wildman–Crippen MR) is 58.1 cm³/mol. The number of carbonyl (C=O) groups is 1.